The third kappa shape index (κ3) is 1.83. The molecule has 0 aromatic heterocycles. The fourth-order valence-corrected chi connectivity index (χ4v) is 3.25. The van der Waals surface area contributed by atoms with Gasteiger partial charge in [0.25, 0.3) is 0 Å². The summed E-state index contributed by atoms with van der Waals surface area (Å²) in [5.74, 6) is 0.647. The van der Waals surface area contributed by atoms with Gasteiger partial charge in [0.05, 0.1) is 0 Å². The van der Waals surface area contributed by atoms with Gasteiger partial charge in [-0.1, -0.05) is 36.4 Å². The molecule has 98 valence electrons. The number of benzene rings is 2. The minimum atomic E-state index is -0.115. The topological polar surface area (TPSA) is 46.2 Å². The number of phenolic OH excluding ortho intramolecular Hbond substituents is 1. The second-order valence-corrected chi connectivity index (χ2v) is 5.50. The zero-order chi connectivity index (χ0) is 13.6. The Kier molecular flexibility index (Phi) is 2.83. The summed E-state index contributed by atoms with van der Waals surface area (Å²) in [5.41, 5.74) is 12.0. The zero-order valence-corrected chi connectivity index (χ0v) is 11.4. The molecule has 2 aromatic carbocycles. The van der Waals surface area contributed by atoms with E-state index >= 15 is 0 Å². The highest BCUT2D eigenvalue weighted by atomic mass is 16.3. The van der Waals surface area contributed by atoms with Gasteiger partial charge < -0.3 is 10.8 Å². The first-order valence-corrected chi connectivity index (χ1v) is 6.72. The van der Waals surface area contributed by atoms with E-state index in [2.05, 4.69) is 19.1 Å². The largest absolute Gasteiger partial charge is 0.507 e. The Morgan fingerprint density at radius 3 is 2.47 bits per heavy atom. The summed E-state index contributed by atoms with van der Waals surface area (Å²) in [6, 6.07) is 12.3. The lowest BCUT2D eigenvalue weighted by atomic mass is 9.92. The molecule has 0 spiro atoms. The second-order valence-electron chi connectivity index (χ2n) is 5.50. The van der Waals surface area contributed by atoms with E-state index in [1.165, 1.54) is 16.7 Å². The Hall–Kier alpha value is -1.80. The Morgan fingerprint density at radius 2 is 1.79 bits per heavy atom. The molecule has 0 saturated carbocycles. The highest BCUT2D eigenvalue weighted by Gasteiger charge is 2.34. The molecular formula is C17H19NO. The quantitative estimate of drug-likeness (QED) is 0.818. The summed E-state index contributed by atoms with van der Waals surface area (Å²) in [6.07, 6.45) is 0.917. The van der Waals surface area contributed by atoms with Crippen molar-refractivity contribution < 1.29 is 5.11 Å². The number of aryl methyl sites for hydroxylation is 2. The SMILES string of the molecule is Cc1cc(C)c2c(c1O)[C@H](N)[C@H](c1ccccc1)C2. The van der Waals surface area contributed by atoms with Gasteiger partial charge in [-0.3, -0.25) is 0 Å². The normalized spacial score (nSPS) is 21.4. The standard InChI is InChI=1S/C17H19NO/c1-10-8-11(2)17(19)15-13(10)9-14(16(15)18)12-6-4-3-5-7-12/h3-8,14,16,19H,9,18H2,1-2H3/t14-,16+/m0/s1. The van der Waals surface area contributed by atoms with Crippen LogP contribution in [-0.2, 0) is 6.42 Å². The van der Waals surface area contributed by atoms with Crippen molar-refractivity contribution >= 4 is 0 Å². The number of phenols is 1. The number of hydrogen-bond acceptors (Lipinski definition) is 2. The minimum absolute atomic E-state index is 0.115. The Labute approximate surface area is 113 Å². The van der Waals surface area contributed by atoms with Crippen LogP contribution in [0, 0.1) is 13.8 Å². The van der Waals surface area contributed by atoms with E-state index in [0.29, 0.717) is 5.75 Å². The highest BCUT2D eigenvalue weighted by molar-refractivity contribution is 5.55. The van der Waals surface area contributed by atoms with Crippen LogP contribution in [0.2, 0.25) is 0 Å². The van der Waals surface area contributed by atoms with Gasteiger partial charge in [0.1, 0.15) is 5.75 Å². The molecule has 2 aromatic rings. The fraction of sp³-hybridized carbons (Fsp3) is 0.294. The molecule has 2 atom stereocenters. The molecule has 19 heavy (non-hydrogen) atoms. The Morgan fingerprint density at radius 1 is 1.11 bits per heavy atom. The number of rotatable bonds is 1. The van der Waals surface area contributed by atoms with Crippen LogP contribution < -0.4 is 5.73 Å². The maximum Gasteiger partial charge on any atom is 0.123 e. The van der Waals surface area contributed by atoms with Crippen LogP contribution >= 0.6 is 0 Å². The highest BCUT2D eigenvalue weighted by Crippen LogP contribution is 2.47. The maximum atomic E-state index is 10.3. The molecule has 3 rings (SSSR count). The number of nitrogens with two attached hydrogens (primary N) is 1. The first kappa shape index (κ1) is 12.2. The maximum absolute atomic E-state index is 10.3. The van der Waals surface area contributed by atoms with Crippen molar-refractivity contribution in [2.24, 2.45) is 5.73 Å². The average molecular weight is 253 g/mol. The fourth-order valence-electron chi connectivity index (χ4n) is 3.25. The van der Waals surface area contributed by atoms with Crippen LogP contribution in [0.1, 0.15) is 39.8 Å². The summed E-state index contributed by atoms with van der Waals surface area (Å²) >= 11 is 0. The van der Waals surface area contributed by atoms with Crippen molar-refractivity contribution in [3.63, 3.8) is 0 Å². The van der Waals surface area contributed by atoms with Gasteiger partial charge in [0.2, 0.25) is 0 Å². The van der Waals surface area contributed by atoms with Crippen LogP contribution in [0.15, 0.2) is 36.4 Å². The molecule has 0 saturated heterocycles. The van der Waals surface area contributed by atoms with Crippen LogP contribution in [0.3, 0.4) is 0 Å². The molecule has 1 aliphatic rings. The van der Waals surface area contributed by atoms with Gasteiger partial charge in [0, 0.05) is 17.5 Å². The van der Waals surface area contributed by atoms with E-state index in [4.69, 9.17) is 5.73 Å². The monoisotopic (exact) mass is 253 g/mol. The van der Waals surface area contributed by atoms with Gasteiger partial charge in [-0.25, -0.2) is 0 Å². The predicted octanol–water partition coefficient (Wildman–Crippen LogP) is 3.35. The lowest BCUT2D eigenvalue weighted by Gasteiger charge is -2.17. The summed E-state index contributed by atoms with van der Waals surface area (Å²) in [5, 5.41) is 10.3. The molecule has 0 amide bonds. The molecule has 0 unspecified atom stereocenters. The molecule has 0 fully saturated rings. The summed E-state index contributed by atoms with van der Waals surface area (Å²) in [4.78, 5) is 0. The van der Waals surface area contributed by atoms with Crippen molar-refractivity contribution in [1.82, 2.24) is 0 Å². The van der Waals surface area contributed by atoms with E-state index in [1.807, 2.05) is 31.2 Å². The average Bonchev–Trinajstić information content (AvgIpc) is 2.76. The van der Waals surface area contributed by atoms with E-state index in [9.17, 15) is 5.11 Å². The predicted molar refractivity (Wildman–Crippen MR) is 77.4 cm³/mol. The van der Waals surface area contributed by atoms with Crippen LogP contribution in [0.5, 0.6) is 5.75 Å². The van der Waals surface area contributed by atoms with Gasteiger partial charge in [0.15, 0.2) is 0 Å². The van der Waals surface area contributed by atoms with E-state index in [0.717, 1.165) is 17.5 Å². The minimum Gasteiger partial charge on any atom is -0.507 e. The number of aromatic hydroxyl groups is 1. The van der Waals surface area contributed by atoms with Gasteiger partial charge in [-0.05, 0) is 42.5 Å². The number of hydrogen-bond donors (Lipinski definition) is 2. The lowest BCUT2D eigenvalue weighted by Crippen LogP contribution is -2.15. The van der Waals surface area contributed by atoms with Crippen LogP contribution in [0.25, 0.3) is 0 Å². The van der Waals surface area contributed by atoms with Gasteiger partial charge in [-0.15, -0.1) is 0 Å². The Bertz CT molecular complexity index is 619. The van der Waals surface area contributed by atoms with Crippen LogP contribution in [0.4, 0.5) is 0 Å². The van der Waals surface area contributed by atoms with Crippen molar-refractivity contribution in [3.05, 3.63) is 64.2 Å². The lowest BCUT2D eigenvalue weighted by molar-refractivity contribution is 0.456. The van der Waals surface area contributed by atoms with Gasteiger partial charge >= 0.3 is 0 Å². The van der Waals surface area contributed by atoms with E-state index < -0.39 is 0 Å². The van der Waals surface area contributed by atoms with Crippen LogP contribution in [-0.4, -0.2) is 5.11 Å². The molecule has 3 N–H and O–H groups in total. The Balaban J connectivity index is 2.10. The molecule has 2 heteroatoms. The van der Waals surface area contributed by atoms with Crippen molar-refractivity contribution in [3.8, 4) is 5.75 Å². The summed E-state index contributed by atoms with van der Waals surface area (Å²) in [7, 11) is 0. The third-order valence-corrected chi connectivity index (χ3v) is 4.28. The van der Waals surface area contributed by atoms with Crippen molar-refractivity contribution in [2.45, 2.75) is 32.2 Å². The second kappa shape index (κ2) is 4.39. The summed E-state index contributed by atoms with van der Waals surface area (Å²) < 4.78 is 0. The molecule has 0 radical (unpaired) electrons. The first-order valence-electron chi connectivity index (χ1n) is 6.72. The van der Waals surface area contributed by atoms with E-state index in [-0.39, 0.29) is 12.0 Å². The number of fused-ring (bicyclic) bond motifs is 1. The third-order valence-electron chi connectivity index (χ3n) is 4.28. The molecular weight excluding hydrogens is 234 g/mol. The molecule has 0 aliphatic heterocycles. The van der Waals surface area contributed by atoms with Gasteiger partial charge in [-0.2, -0.15) is 0 Å². The molecule has 1 aliphatic carbocycles. The van der Waals surface area contributed by atoms with E-state index in [1.54, 1.807) is 0 Å². The molecule has 2 nitrogen and oxygen atoms in total. The van der Waals surface area contributed by atoms with Crippen molar-refractivity contribution in [1.29, 1.82) is 0 Å². The van der Waals surface area contributed by atoms with Crippen molar-refractivity contribution in [2.75, 3.05) is 0 Å². The smallest absolute Gasteiger partial charge is 0.123 e. The molecule has 0 bridgehead atoms. The first-order chi connectivity index (χ1) is 9.09. The molecule has 0 heterocycles. The summed E-state index contributed by atoms with van der Waals surface area (Å²) in [6.45, 7) is 4.04. The zero-order valence-electron chi connectivity index (χ0n) is 11.4.